The lowest BCUT2D eigenvalue weighted by Crippen LogP contribution is -2.25. The molecule has 0 spiro atoms. The maximum atomic E-state index is 12.3. The summed E-state index contributed by atoms with van der Waals surface area (Å²) in [6, 6.07) is 16.7. The molecule has 0 unspecified atom stereocenters. The number of sulfonamides is 1. The summed E-state index contributed by atoms with van der Waals surface area (Å²) >= 11 is 0. The Bertz CT molecular complexity index is 1090. The Morgan fingerprint density at radius 3 is 2.48 bits per heavy atom. The lowest BCUT2D eigenvalue weighted by atomic mass is 10.2. The van der Waals surface area contributed by atoms with Gasteiger partial charge in [0.2, 0.25) is 15.9 Å². The summed E-state index contributed by atoms with van der Waals surface area (Å²) in [4.78, 5) is 12.3. The Kier molecular flexibility index (Phi) is 5.35. The maximum absolute atomic E-state index is 12.3. The molecule has 1 aromatic heterocycles. The molecule has 0 saturated carbocycles. The number of carbonyl (C=O) groups is 1. The van der Waals surface area contributed by atoms with Crippen LogP contribution in [0.3, 0.4) is 0 Å². The molecule has 1 N–H and O–H groups in total. The number of aromatic nitrogens is 2. The Balaban J connectivity index is 1.32. The largest absolute Gasteiger partial charge is 0.326 e. The number of aryl methyl sites for hydroxylation is 1. The van der Waals surface area contributed by atoms with Gasteiger partial charge in [0.25, 0.3) is 0 Å². The quantitative estimate of drug-likeness (QED) is 0.677. The van der Waals surface area contributed by atoms with Crippen LogP contribution < -0.4 is 9.62 Å². The van der Waals surface area contributed by atoms with E-state index < -0.39 is 10.0 Å². The van der Waals surface area contributed by atoms with Gasteiger partial charge in [-0.15, -0.1) is 0 Å². The van der Waals surface area contributed by atoms with Crippen molar-refractivity contribution in [1.82, 2.24) is 9.78 Å². The van der Waals surface area contributed by atoms with Gasteiger partial charge in [-0.2, -0.15) is 5.10 Å². The third kappa shape index (κ3) is 4.48. The Morgan fingerprint density at radius 1 is 1.03 bits per heavy atom. The molecule has 1 saturated heterocycles. The van der Waals surface area contributed by atoms with E-state index in [-0.39, 0.29) is 11.7 Å². The molecule has 0 atom stereocenters. The van der Waals surface area contributed by atoms with Crippen LogP contribution in [0.5, 0.6) is 0 Å². The number of amides is 1. The molecule has 1 fully saturated rings. The number of benzene rings is 2. The molecule has 0 bridgehead atoms. The third-order valence-electron chi connectivity index (χ3n) is 4.84. The summed E-state index contributed by atoms with van der Waals surface area (Å²) in [5.74, 6) is 0.0887. The molecular weight excluding hydrogens is 388 g/mol. The minimum atomic E-state index is -3.20. The van der Waals surface area contributed by atoms with Gasteiger partial charge >= 0.3 is 0 Å². The zero-order chi connectivity index (χ0) is 20.3. The van der Waals surface area contributed by atoms with Crippen LogP contribution in [0.25, 0.3) is 5.69 Å². The van der Waals surface area contributed by atoms with Gasteiger partial charge in [0.1, 0.15) is 0 Å². The molecule has 2 heterocycles. The van der Waals surface area contributed by atoms with E-state index in [0.29, 0.717) is 37.2 Å². The molecule has 1 aliphatic heterocycles. The molecule has 0 radical (unpaired) electrons. The Labute approximate surface area is 170 Å². The van der Waals surface area contributed by atoms with E-state index in [9.17, 15) is 13.2 Å². The van der Waals surface area contributed by atoms with Crippen molar-refractivity contribution in [2.24, 2.45) is 0 Å². The summed E-state index contributed by atoms with van der Waals surface area (Å²) in [7, 11) is -3.20. The van der Waals surface area contributed by atoms with Gasteiger partial charge < -0.3 is 5.32 Å². The molecule has 1 aliphatic rings. The van der Waals surface area contributed by atoms with Crippen molar-refractivity contribution in [2.75, 3.05) is 21.9 Å². The van der Waals surface area contributed by atoms with E-state index in [4.69, 9.17) is 0 Å². The smallest absolute Gasteiger partial charge is 0.235 e. The van der Waals surface area contributed by atoms with Crippen LogP contribution in [0, 0.1) is 0 Å². The highest BCUT2D eigenvalue weighted by atomic mass is 32.2. The third-order valence-corrected chi connectivity index (χ3v) is 6.71. The van der Waals surface area contributed by atoms with Gasteiger partial charge in [-0.05, 0) is 54.8 Å². The van der Waals surface area contributed by atoms with Crippen molar-refractivity contribution < 1.29 is 13.2 Å². The Hall–Kier alpha value is -3.13. The number of anilines is 2. The second kappa shape index (κ2) is 8.08. The van der Waals surface area contributed by atoms with Crippen molar-refractivity contribution >= 4 is 27.3 Å². The number of hydrogen-bond acceptors (Lipinski definition) is 4. The number of hydrogen-bond donors (Lipinski definition) is 1. The average molecular weight is 410 g/mol. The van der Waals surface area contributed by atoms with Gasteiger partial charge in [0.15, 0.2) is 0 Å². The van der Waals surface area contributed by atoms with Gasteiger partial charge in [0, 0.05) is 24.8 Å². The van der Waals surface area contributed by atoms with Crippen molar-refractivity contribution in [2.45, 2.75) is 19.3 Å². The van der Waals surface area contributed by atoms with Crippen LogP contribution >= 0.6 is 0 Å². The fourth-order valence-corrected chi connectivity index (χ4v) is 4.90. The summed E-state index contributed by atoms with van der Waals surface area (Å²) in [5, 5.41) is 7.19. The Morgan fingerprint density at radius 2 is 1.79 bits per heavy atom. The van der Waals surface area contributed by atoms with Crippen molar-refractivity contribution in [1.29, 1.82) is 0 Å². The molecule has 3 aromatic rings. The topological polar surface area (TPSA) is 84.3 Å². The standard InChI is InChI=1S/C21H22N4O3S/c26-21(12-7-17-15-22-24(16-17)19-5-2-1-3-6-19)23-18-8-10-20(11-9-18)25-13-4-14-29(25,27)28/h1-3,5-6,8-11,15-16H,4,7,12-14H2,(H,23,26). The normalized spacial score (nSPS) is 15.4. The molecule has 29 heavy (non-hydrogen) atoms. The fourth-order valence-electron chi connectivity index (χ4n) is 3.33. The molecule has 1 amide bonds. The first-order valence-corrected chi connectivity index (χ1v) is 11.1. The zero-order valence-corrected chi connectivity index (χ0v) is 16.7. The number of para-hydroxylation sites is 1. The predicted molar refractivity (Wildman–Crippen MR) is 113 cm³/mol. The van der Waals surface area contributed by atoms with Crippen LogP contribution in [0.2, 0.25) is 0 Å². The predicted octanol–water partition coefficient (Wildman–Crippen LogP) is 2.98. The fraction of sp³-hybridized carbons (Fsp3) is 0.238. The van der Waals surface area contributed by atoms with E-state index >= 15 is 0 Å². The summed E-state index contributed by atoms with van der Waals surface area (Å²) in [5.41, 5.74) is 3.24. The summed E-state index contributed by atoms with van der Waals surface area (Å²) < 4.78 is 27.2. The lowest BCUT2D eigenvalue weighted by molar-refractivity contribution is -0.116. The second-order valence-electron chi connectivity index (χ2n) is 6.97. The highest BCUT2D eigenvalue weighted by Crippen LogP contribution is 2.25. The molecular formula is C21H22N4O3S. The summed E-state index contributed by atoms with van der Waals surface area (Å²) in [6.45, 7) is 0.505. The highest BCUT2D eigenvalue weighted by molar-refractivity contribution is 7.93. The molecule has 2 aromatic carbocycles. The van der Waals surface area contributed by atoms with Crippen LogP contribution in [-0.4, -0.2) is 36.4 Å². The van der Waals surface area contributed by atoms with Gasteiger partial charge in [-0.25, -0.2) is 13.1 Å². The highest BCUT2D eigenvalue weighted by Gasteiger charge is 2.28. The number of nitrogens with one attached hydrogen (secondary N) is 1. The van der Waals surface area contributed by atoms with Crippen LogP contribution in [-0.2, 0) is 21.2 Å². The zero-order valence-electron chi connectivity index (χ0n) is 15.9. The van der Waals surface area contributed by atoms with Gasteiger partial charge in [-0.3, -0.25) is 9.10 Å². The van der Waals surface area contributed by atoms with E-state index in [1.54, 1.807) is 35.1 Å². The van der Waals surface area contributed by atoms with E-state index in [1.807, 2.05) is 36.5 Å². The maximum Gasteiger partial charge on any atom is 0.235 e. The molecule has 0 aliphatic carbocycles. The summed E-state index contributed by atoms with van der Waals surface area (Å²) in [6.07, 6.45) is 5.26. The van der Waals surface area contributed by atoms with Crippen molar-refractivity contribution in [3.63, 3.8) is 0 Å². The first-order valence-electron chi connectivity index (χ1n) is 9.51. The van der Waals surface area contributed by atoms with Crippen LogP contribution in [0.4, 0.5) is 11.4 Å². The first kappa shape index (κ1) is 19.2. The number of carbonyl (C=O) groups excluding carboxylic acids is 1. The van der Waals surface area contributed by atoms with E-state index in [0.717, 1.165) is 11.3 Å². The second-order valence-corrected chi connectivity index (χ2v) is 8.98. The van der Waals surface area contributed by atoms with E-state index in [1.165, 1.54) is 4.31 Å². The first-order chi connectivity index (χ1) is 14.0. The minimum absolute atomic E-state index is 0.0981. The van der Waals surface area contributed by atoms with Crippen LogP contribution in [0.15, 0.2) is 67.0 Å². The van der Waals surface area contributed by atoms with Gasteiger partial charge in [-0.1, -0.05) is 18.2 Å². The monoisotopic (exact) mass is 410 g/mol. The van der Waals surface area contributed by atoms with Crippen LogP contribution in [0.1, 0.15) is 18.4 Å². The number of rotatable bonds is 6. The average Bonchev–Trinajstić information content (AvgIpc) is 3.34. The van der Waals surface area contributed by atoms with Crippen molar-refractivity contribution in [3.05, 3.63) is 72.6 Å². The SMILES string of the molecule is O=C(CCc1cnn(-c2ccccc2)c1)Nc1ccc(N2CCCS2(=O)=O)cc1. The minimum Gasteiger partial charge on any atom is -0.326 e. The molecule has 150 valence electrons. The molecule has 7 nitrogen and oxygen atoms in total. The molecule has 8 heteroatoms. The van der Waals surface area contributed by atoms with Crippen molar-refractivity contribution in [3.8, 4) is 5.69 Å². The van der Waals surface area contributed by atoms with Gasteiger partial charge in [0.05, 0.1) is 23.3 Å². The van der Waals surface area contributed by atoms with E-state index in [2.05, 4.69) is 10.4 Å². The molecule has 4 rings (SSSR count). The lowest BCUT2D eigenvalue weighted by Gasteiger charge is -2.17. The number of nitrogens with zero attached hydrogens (tertiary/aromatic N) is 3.